The fourth-order valence-corrected chi connectivity index (χ4v) is 3.83. The van der Waals surface area contributed by atoms with Crippen LogP contribution in [0.4, 0.5) is 0 Å². The minimum absolute atomic E-state index is 0.0272. The zero-order valence-electron chi connectivity index (χ0n) is 16.2. The molecule has 0 fully saturated rings. The third kappa shape index (κ3) is 4.11. The van der Waals surface area contributed by atoms with Crippen LogP contribution in [-0.4, -0.2) is 32.8 Å². The molecule has 0 atom stereocenters. The molecule has 0 unspecified atom stereocenters. The zero-order chi connectivity index (χ0) is 19.8. The average molecular weight is 388 g/mol. The molecular formula is C21H25NO4S. The van der Waals surface area contributed by atoms with E-state index in [-0.39, 0.29) is 11.0 Å². The maximum atomic E-state index is 12.0. The molecular weight excluding hydrogens is 362 g/mol. The van der Waals surface area contributed by atoms with Crippen molar-refractivity contribution in [3.05, 3.63) is 59.7 Å². The standard InChI is InChI=1S/C21H25NO4S/c1-14(2)26-21-9-8-19(27(5,23)24)11-20(21)15(3)22-12-16-6-7-18(25-4)10-17(16)13-22/h6-11,14H,3,12-13H2,1-2,4-5H3. The lowest BCUT2D eigenvalue weighted by atomic mass is 10.1. The minimum Gasteiger partial charge on any atom is -0.497 e. The smallest absolute Gasteiger partial charge is 0.175 e. The van der Waals surface area contributed by atoms with Crippen LogP contribution in [0.3, 0.4) is 0 Å². The Bertz CT molecular complexity index is 980. The Kier molecular flexibility index (Phi) is 5.20. The zero-order valence-corrected chi connectivity index (χ0v) is 17.0. The maximum absolute atomic E-state index is 12.0. The maximum Gasteiger partial charge on any atom is 0.175 e. The van der Waals surface area contributed by atoms with Gasteiger partial charge in [0.25, 0.3) is 0 Å². The number of nitrogens with zero attached hydrogens (tertiary/aromatic N) is 1. The van der Waals surface area contributed by atoms with Gasteiger partial charge in [-0.25, -0.2) is 8.42 Å². The lowest BCUT2D eigenvalue weighted by molar-refractivity contribution is 0.240. The molecule has 2 aromatic rings. The van der Waals surface area contributed by atoms with E-state index in [9.17, 15) is 8.42 Å². The number of hydrogen-bond acceptors (Lipinski definition) is 5. The van der Waals surface area contributed by atoms with Gasteiger partial charge >= 0.3 is 0 Å². The Balaban J connectivity index is 1.96. The Hall–Kier alpha value is -2.47. The van der Waals surface area contributed by atoms with E-state index >= 15 is 0 Å². The third-order valence-corrected chi connectivity index (χ3v) is 5.68. The molecule has 0 radical (unpaired) electrons. The summed E-state index contributed by atoms with van der Waals surface area (Å²) in [7, 11) is -1.67. The van der Waals surface area contributed by atoms with Crippen LogP contribution in [0, 0.1) is 0 Å². The second-order valence-corrected chi connectivity index (χ2v) is 9.05. The molecule has 0 spiro atoms. The van der Waals surface area contributed by atoms with Crippen LogP contribution < -0.4 is 9.47 Å². The Morgan fingerprint density at radius 2 is 1.81 bits per heavy atom. The van der Waals surface area contributed by atoms with E-state index in [1.165, 1.54) is 17.4 Å². The van der Waals surface area contributed by atoms with Gasteiger partial charge in [-0.2, -0.15) is 0 Å². The van der Waals surface area contributed by atoms with E-state index in [2.05, 4.69) is 17.5 Å². The van der Waals surface area contributed by atoms with Crippen molar-refractivity contribution < 1.29 is 17.9 Å². The van der Waals surface area contributed by atoms with Gasteiger partial charge in [-0.3, -0.25) is 0 Å². The summed E-state index contributed by atoms with van der Waals surface area (Å²) in [6.07, 6.45) is 1.18. The SMILES string of the molecule is C=C(c1cc(S(C)(=O)=O)ccc1OC(C)C)N1Cc2ccc(OC)cc2C1. The summed E-state index contributed by atoms with van der Waals surface area (Å²) >= 11 is 0. The number of benzene rings is 2. The van der Waals surface area contributed by atoms with E-state index in [1.807, 2.05) is 26.0 Å². The lowest BCUT2D eigenvalue weighted by Gasteiger charge is -2.24. The predicted molar refractivity (Wildman–Crippen MR) is 107 cm³/mol. The van der Waals surface area contributed by atoms with Crippen molar-refractivity contribution in [1.29, 1.82) is 0 Å². The summed E-state index contributed by atoms with van der Waals surface area (Å²) in [5, 5.41) is 0. The second kappa shape index (κ2) is 7.27. The van der Waals surface area contributed by atoms with Crippen LogP contribution in [0.25, 0.3) is 5.70 Å². The second-order valence-electron chi connectivity index (χ2n) is 7.03. The first kappa shape index (κ1) is 19.3. The van der Waals surface area contributed by atoms with Gasteiger partial charge in [0, 0.05) is 30.6 Å². The highest BCUT2D eigenvalue weighted by Crippen LogP contribution is 2.36. The number of methoxy groups -OCH3 is 1. The molecule has 2 aromatic carbocycles. The van der Waals surface area contributed by atoms with Crippen LogP contribution in [0.5, 0.6) is 11.5 Å². The number of rotatable bonds is 6. The highest BCUT2D eigenvalue weighted by atomic mass is 32.2. The van der Waals surface area contributed by atoms with Crippen LogP contribution in [0.15, 0.2) is 47.9 Å². The predicted octanol–water partition coefficient (Wildman–Crippen LogP) is 3.87. The van der Waals surface area contributed by atoms with Gasteiger partial charge in [0.05, 0.1) is 18.1 Å². The van der Waals surface area contributed by atoms with E-state index in [1.54, 1.807) is 25.3 Å². The molecule has 0 aromatic heterocycles. The first-order chi connectivity index (χ1) is 12.7. The van der Waals surface area contributed by atoms with Crippen molar-refractivity contribution in [1.82, 2.24) is 4.90 Å². The normalized spacial score (nSPS) is 13.6. The summed E-state index contributed by atoms with van der Waals surface area (Å²) in [5.41, 5.74) is 3.83. The molecule has 6 heteroatoms. The summed E-state index contributed by atoms with van der Waals surface area (Å²) in [6, 6.07) is 11.0. The van der Waals surface area contributed by atoms with E-state index in [4.69, 9.17) is 9.47 Å². The van der Waals surface area contributed by atoms with Crippen molar-refractivity contribution >= 4 is 15.5 Å². The van der Waals surface area contributed by atoms with E-state index < -0.39 is 9.84 Å². The first-order valence-electron chi connectivity index (χ1n) is 8.80. The number of fused-ring (bicyclic) bond motifs is 1. The van der Waals surface area contributed by atoms with Gasteiger partial charge in [0.1, 0.15) is 11.5 Å². The average Bonchev–Trinajstić information content (AvgIpc) is 3.03. The number of sulfone groups is 1. The highest BCUT2D eigenvalue weighted by molar-refractivity contribution is 7.90. The molecule has 144 valence electrons. The Labute approximate surface area is 161 Å². The minimum atomic E-state index is -3.32. The van der Waals surface area contributed by atoms with Crippen LogP contribution in [-0.2, 0) is 22.9 Å². The molecule has 0 aliphatic carbocycles. The molecule has 0 amide bonds. The van der Waals surface area contributed by atoms with Crippen LogP contribution >= 0.6 is 0 Å². The van der Waals surface area contributed by atoms with Gasteiger partial charge in [-0.15, -0.1) is 0 Å². The molecule has 0 saturated carbocycles. The summed E-state index contributed by atoms with van der Waals surface area (Å²) in [4.78, 5) is 2.38. The monoisotopic (exact) mass is 387 g/mol. The lowest BCUT2D eigenvalue weighted by Crippen LogP contribution is -2.16. The van der Waals surface area contributed by atoms with Crippen molar-refractivity contribution in [2.75, 3.05) is 13.4 Å². The summed E-state index contributed by atoms with van der Waals surface area (Å²) in [5.74, 6) is 1.46. The molecule has 1 aliphatic heterocycles. The molecule has 0 N–H and O–H groups in total. The quantitative estimate of drug-likeness (QED) is 0.753. The third-order valence-electron chi connectivity index (χ3n) is 4.57. The van der Waals surface area contributed by atoms with Crippen molar-refractivity contribution in [3.63, 3.8) is 0 Å². The number of ether oxygens (including phenoxy) is 2. The molecule has 5 nitrogen and oxygen atoms in total. The molecule has 0 saturated heterocycles. The fraction of sp³-hybridized carbons (Fsp3) is 0.333. The van der Waals surface area contributed by atoms with Gasteiger partial charge in [-0.05, 0) is 55.3 Å². The van der Waals surface area contributed by atoms with Crippen LogP contribution in [0.2, 0.25) is 0 Å². The molecule has 3 rings (SSSR count). The summed E-state index contributed by atoms with van der Waals surface area (Å²) < 4.78 is 35.2. The van der Waals surface area contributed by atoms with Gasteiger partial charge in [0.15, 0.2) is 9.84 Å². The molecule has 1 heterocycles. The van der Waals surface area contributed by atoms with Gasteiger partial charge in [0.2, 0.25) is 0 Å². The van der Waals surface area contributed by atoms with E-state index in [0.29, 0.717) is 24.4 Å². The summed E-state index contributed by atoms with van der Waals surface area (Å²) in [6.45, 7) is 9.52. The van der Waals surface area contributed by atoms with Gasteiger partial charge < -0.3 is 14.4 Å². The largest absolute Gasteiger partial charge is 0.497 e. The Morgan fingerprint density at radius 1 is 1.11 bits per heavy atom. The van der Waals surface area contributed by atoms with Gasteiger partial charge in [-0.1, -0.05) is 12.6 Å². The topological polar surface area (TPSA) is 55.8 Å². The van der Waals surface area contributed by atoms with E-state index in [0.717, 1.165) is 11.4 Å². The number of hydrogen-bond donors (Lipinski definition) is 0. The highest BCUT2D eigenvalue weighted by Gasteiger charge is 2.24. The Morgan fingerprint density at radius 3 is 2.44 bits per heavy atom. The molecule has 0 bridgehead atoms. The first-order valence-corrected chi connectivity index (χ1v) is 10.7. The van der Waals surface area contributed by atoms with Crippen molar-refractivity contribution in [2.45, 2.75) is 37.9 Å². The van der Waals surface area contributed by atoms with Crippen molar-refractivity contribution in [2.24, 2.45) is 0 Å². The molecule has 27 heavy (non-hydrogen) atoms. The van der Waals surface area contributed by atoms with Crippen molar-refractivity contribution in [3.8, 4) is 11.5 Å². The van der Waals surface area contributed by atoms with Crippen LogP contribution in [0.1, 0.15) is 30.5 Å². The fourth-order valence-electron chi connectivity index (χ4n) is 3.18. The molecule has 1 aliphatic rings.